The molecule has 0 aliphatic heterocycles. The standard InChI is InChI=1S/C15H23N3OS/c1-11-9-18-13(12(2)17-14(18)20-11)8-16-10-15(4-5-15)6-7-19-3/h9,16H,4-8,10H2,1-3H3. The molecule has 0 bridgehead atoms. The summed E-state index contributed by atoms with van der Waals surface area (Å²) < 4.78 is 7.44. The van der Waals surface area contributed by atoms with E-state index in [1.165, 1.54) is 29.8 Å². The summed E-state index contributed by atoms with van der Waals surface area (Å²) in [4.78, 5) is 7.06. The first kappa shape index (κ1) is 14.0. The molecule has 0 aromatic carbocycles. The van der Waals surface area contributed by atoms with Gasteiger partial charge in [-0.15, -0.1) is 11.3 Å². The summed E-state index contributed by atoms with van der Waals surface area (Å²) in [7, 11) is 1.79. The lowest BCUT2D eigenvalue weighted by atomic mass is 10.0. The predicted molar refractivity (Wildman–Crippen MR) is 82.4 cm³/mol. The number of nitrogens with one attached hydrogen (secondary N) is 1. The highest BCUT2D eigenvalue weighted by Crippen LogP contribution is 2.48. The van der Waals surface area contributed by atoms with Crippen molar-refractivity contribution in [2.24, 2.45) is 5.41 Å². The maximum absolute atomic E-state index is 5.21. The minimum absolute atomic E-state index is 0.498. The summed E-state index contributed by atoms with van der Waals surface area (Å²) in [5.41, 5.74) is 2.94. The van der Waals surface area contributed by atoms with E-state index >= 15 is 0 Å². The summed E-state index contributed by atoms with van der Waals surface area (Å²) >= 11 is 1.76. The Morgan fingerprint density at radius 1 is 1.45 bits per heavy atom. The van der Waals surface area contributed by atoms with Crippen LogP contribution < -0.4 is 5.32 Å². The van der Waals surface area contributed by atoms with Gasteiger partial charge in [-0.05, 0) is 38.5 Å². The van der Waals surface area contributed by atoms with Gasteiger partial charge in [-0.2, -0.15) is 0 Å². The van der Waals surface area contributed by atoms with Gasteiger partial charge < -0.3 is 10.1 Å². The fourth-order valence-electron chi connectivity index (χ4n) is 2.78. The smallest absolute Gasteiger partial charge is 0.194 e. The maximum atomic E-state index is 5.21. The van der Waals surface area contributed by atoms with E-state index in [0.717, 1.165) is 30.4 Å². The highest BCUT2D eigenvalue weighted by Gasteiger charge is 2.41. The Hall–Kier alpha value is -0.910. The lowest BCUT2D eigenvalue weighted by Crippen LogP contribution is -2.25. The third-order valence-electron chi connectivity index (χ3n) is 4.33. The van der Waals surface area contributed by atoms with Crippen LogP contribution in [0, 0.1) is 19.3 Å². The van der Waals surface area contributed by atoms with E-state index in [1.807, 2.05) is 0 Å². The summed E-state index contributed by atoms with van der Waals surface area (Å²) in [5.74, 6) is 0. The fourth-order valence-corrected chi connectivity index (χ4v) is 3.67. The highest BCUT2D eigenvalue weighted by atomic mass is 32.1. The Labute approximate surface area is 124 Å². The summed E-state index contributed by atoms with van der Waals surface area (Å²) in [6.07, 6.45) is 6.03. The average Bonchev–Trinajstić information content (AvgIpc) is 3.01. The summed E-state index contributed by atoms with van der Waals surface area (Å²) in [6.45, 7) is 7.10. The molecule has 4 nitrogen and oxygen atoms in total. The predicted octanol–water partition coefficient (Wildman–Crippen LogP) is 2.92. The van der Waals surface area contributed by atoms with E-state index in [-0.39, 0.29) is 0 Å². The van der Waals surface area contributed by atoms with Crippen LogP contribution in [-0.2, 0) is 11.3 Å². The Bertz CT molecular complexity index is 598. The van der Waals surface area contributed by atoms with Gasteiger partial charge in [0.05, 0.1) is 11.4 Å². The zero-order valence-corrected chi connectivity index (χ0v) is 13.3. The second kappa shape index (κ2) is 5.47. The van der Waals surface area contributed by atoms with Gasteiger partial charge in [0.25, 0.3) is 0 Å². The van der Waals surface area contributed by atoms with Crippen molar-refractivity contribution >= 4 is 16.3 Å². The number of thiazole rings is 1. The normalized spacial score (nSPS) is 16.9. The Morgan fingerprint density at radius 3 is 2.95 bits per heavy atom. The van der Waals surface area contributed by atoms with E-state index in [0.29, 0.717) is 5.41 Å². The zero-order chi connectivity index (χ0) is 14.2. The van der Waals surface area contributed by atoms with Gasteiger partial charge in [0.2, 0.25) is 0 Å². The molecule has 1 aliphatic rings. The lowest BCUT2D eigenvalue weighted by molar-refractivity contribution is 0.171. The van der Waals surface area contributed by atoms with Gasteiger partial charge in [0.15, 0.2) is 4.96 Å². The molecule has 0 spiro atoms. The molecular formula is C15H23N3OS. The minimum Gasteiger partial charge on any atom is -0.385 e. The van der Waals surface area contributed by atoms with Gasteiger partial charge in [-0.25, -0.2) is 4.98 Å². The maximum Gasteiger partial charge on any atom is 0.194 e. The van der Waals surface area contributed by atoms with Crippen LogP contribution in [0.3, 0.4) is 0 Å². The van der Waals surface area contributed by atoms with E-state index < -0.39 is 0 Å². The molecule has 3 rings (SSSR count). The topological polar surface area (TPSA) is 38.6 Å². The monoisotopic (exact) mass is 293 g/mol. The number of ether oxygens (including phenoxy) is 1. The summed E-state index contributed by atoms with van der Waals surface area (Å²) in [6, 6.07) is 0. The second-order valence-corrected chi connectivity index (χ2v) is 7.20. The molecule has 5 heteroatoms. The van der Waals surface area contributed by atoms with Gasteiger partial charge in [0, 0.05) is 37.9 Å². The first-order chi connectivity index (χ1) is 9.63. The van der Waals surface area contributed by atoms with E-state index in [9.17, 15) is 0 Å². The lowest BCUT2D eigenvalue weighted by Gasteiger charge is -2.15. The van der Waals surface area contributed by atoms with Crippen molar-refractivity contribution in [3.63, 3.8) is 0 Å². The van der Waals surface area contributed by atoms with Crippen molar-refractivity contribution in [1.82, 2.24) is 14.7 Å². The van der Waals surface area contributed by atoms with E-state index in [1.54, 1.807) is 18.4 Å². The third kappa shape index (κ3) is 2.75. The minimum atomic E-state index is 0.498. The van der Waals surface area contributed by atoms with Crippen molar-refractivity contribution < 1.29 is 4.74 Å². The molecule has 0 unspecified atom stereocenters. The number of nitrogens with zero attached hydrogens (tertiary/aromatic N) is 2. The van der Waals surface area contributed by atoms with Crippen molar-refractivity contribution in [2.75, 3.05) is 20.3 Å². The highest BCUT2D eigenvalue weighted by molar-refractivity contribution is 7.17. The van der Waals surface area contributed by atoms with Gasteiger partial charge in [0.1, 0.15) is 0 Å². The van der Waals surface area contributed by atoms with Crippen LogP contribution in [0.5, 0.6) is 0 Å². The molecule has 2 aromatic heterocycles. The second-order valence-electron chi connectivity index (χ2n) is 5.98. The molecule has 0 amide bonds. The Balaban J connectivity index is 1.61. The largest absolute Gasteiger partial charge is 0.385 e. The van der Waals surface area contributed by atoms with Crippen molar-refractivity contribution in [3.05, 3.63) is 22.5 Å². The van der Waals surface area contributed by atoms with Crippen molar-refractivity contribution in [2.45, 2.75) is 39.7 Å². The van der Waals surface area contributed by atoms with Crippen LogP contribution in [0.4, 0.5) is 0 Å². The Morgan fingerprint density at radius 2 is 2.25 bits per heavy atom. The molecule has 1 saturated carbocycles. The molecule has 110 valence electrons. The molecule has 2 heterocycles. The molecule has 1 aliphatic carbocycles. The van der Waals surface area contributed by atoms with E-state index in [2.05, 4.69) is 34.7 Å². The van der Waals surface area contributed by atoms with Crippen LogP contribution >= 0.6 is 11.3 Å². The molecule has 1 fully saturated rings. The molecule has 0 radical (unpaired) electrons. The van der Waals surface area contributed by atoms with Crippen LogP contribution in [0.2, 0.25) is 0 Å². The SMILES string of the molecule is COCCC1(CNCc2c(C)nc3sc(C)cn23)CC1. The number of methoxy groups -OCH3 is 1. The van der Waals surface area contributed by atoms with Crippen LogP contribution in [0.15, 0.2) is 6.20 Å². The van der Waals surface area contributed by atoms with Crippen LogP contribution in [0.25, 0.3) is 4.96 Å². The van der Waals surface area contributed by atoms with Gasteiger partial charge >= 0.3 is 0 Å². The Kier molecular flexibility index (Phi) is 3.84. The van der Waals surface area contributed by atoms with Gasteiger partial charge in [-0.1, -0.05) is 0 Å². The molecule has 20 heavy (non-hydrogen) atoms. The number of hydrogen-bond donors (Lipinski definition) is 1. The van der Waals surface area contributed by atoms with Crippen LogP contribution in [-0.4, -0.2) is 29.6 Å². The van der Waals surface area contributed by atoms with Crippen molar-refractivity contribution in [3.8, 4) is 0 Å². The summed E-state index contributed by atoms with van der Waals surface area (Å²) in [5, 5.41) is 3.63. The number of imidazole rings is 1. The van der Waals surface area contributed by atoms with Crippen molar-refractivity contribution in [1.29, 1.82) is 0 Å². The quantitative estimate of drug-likeness (QED) is 0.853. The molecule has 0 saturated heterocycles. The molecular weight excluding hydrogens is 270 g/mol. The fraction of sp³-hybridized carbons (Fsp3) is 0.667. The first-order valence-corrected chi connectivity index (χ1v) is 8.09. The first-order valence-electron chi connectivity index (χ1n) is 7.27. The van der Waals surface area contributed by atoms with Crippen LogP contribution in [0.1, 0.15) is 35.5 Å². The number of fused-ring (bicyclic) bond motifs is 1. The number of aromatic nitrogens is 2. The number of rotatable bonds is 7. The zero-order valence-electron chi connectivity index (χ0n) is 12.5. The number of aryl methyl sites for hydroxylation is 2. The molecule has 2 aromatic rings. The average molecular weight is 293 g/mol. The van der Waals surface area contributed by atoms with Gasteiger partial charge in [-0.3, -0.25) is 4.40 Å². The third-order valence-corrected chi connectivity index (χ3v) is 5.23. The molecule has 0 atom stereocenters. The van der Waals surface area contributed by atoms with E-state index in [4.69, 9.17) is 4.74 Å². The molecule has 1 N–H and O–H groups in total. The number of hydrogen-bond acceptors (Lipinski definition) is 4.